The molecular formula is C19H22N4O4. The van der Waals surface area contributed by atoms with Crippen molar-refractivity contribution in [2.24, 2.45) is 0 Å². The van der Waals surface area contributed by atoms with Crippen LogP contribution in [0.1, 0.15) is 33.7 Å². The number of hydrogen-bond acceptors (Lipinski definition) is 6. The molecule has 8 nitrogen and oxygen atoms in total. The molecule has 0 aliphatic carbocycles. The Morgan fingerprint density at radius 1 is 1.11 bits per heavy atom. The van der Waals surface area contributed by atoms with Crippen molar-refractivity contribution in [3.8, 4) is 11.5 Å². The Balaban J connectivity index is 1.57. The largest absolute Gasteiger partial charge is 0.493 e. The maximum atomic E-state index is 12.7. The average Bonchev–Trinajstić information content (AvgIpc) is 2.73. The number of nitrogens with zero attached hydrogens (tertiary/aromatic N) is 3. The number of aromatic nitrogens is 2. The van der Waals surface area contributed by atoms with Gasteiger partial charge < -0.3 is 19.7 Å². The molecule has 1 aliphatic rings. The highest BCUT2D eigenvalue weighted by Gasteiger charge is 2.25. The zero-order chi connectivity index (χ0) is 19.2. The Kier molecular flexibility index (Phi) is 5.85. The molecule has 0 saturated carbocycles. The molecule has 2 aromatic rings. The smallest absolute Gasteiger partial charge is 0.271 e. The average molecular weight is 370 g/mol. The number of amides is 2. The van der Waals surface area contributed by atoms with E-state index in [1.54, 1.807) is 30.2 Å². The number of ether oxygens (including phenoxy) is 2. The van der Waals surface area contributed by atoms with Gasteiger partial charge >= 0.3 is 0 Å². The number of carbonyl (C=O) groups is 2. The first kappa shape index (κ1) is 18.6. The van der Waals surface area contributed by atoms with E-state index in [1.165, 1.54) is 25.7 Å². The van der Waals surface area contributed by atoms with Crippen LogP contribution in [0.3, 0.4) is 0 Å². The van der Waals surface area contributed by atoms with E-state index in [0.717, 1.165) is 0 Å². The van der Waals surface area contributed by atoms with Crippen molar-refractivity contribution >= 4 is 11.8 Å². The first-order valence-corrected chi connectivity index (χ1v) is 8.70. The molecule has 1 aromatic heterocycles. The second-order valence-electron chi connectivity index (χ2n) is 6.20. The van der Waals surface area contributed by atoms with Crippen LogP contribution in [0.15, 0.2) is 36.8 Å². The Bertz CT molecular complexity index is 805. The van der Waals surface area contributed by atoms with Gasteiger partial charge in [-0.1, -0.05) is 0 Å². The SMILES string of the molecule is COc1ccc(C(=O)N2CCC(NC(=O)c3cnccn3)CC2)cc1OC. The third-order valence-corrected chi connectivity index (χ3v) is 4.54. The van der Waals surface area contributed by atoms with Gasteiger partial charge in [-0.25, -0.2) is 4.98 Å². The first-order valence-electron chi connectivity index (χ1n) is 8.70. The Labute approximate surface area is 157 Å². The summed E-state index contributed by atoms with van der Waals surface area (Å²) in [5, 5.41) is 2.95. The lowest BCUT2D eigenvalue weighted by Gasteiger charge is -2.32. The van der Waals surface area contributed by atoms with E-state index >= 15 is 0 Å². The number of methoxy groups -OCH3 is 2. The molecule has 3 rings (SSSR count). The van der Waals surface area contributed by atoms with Crippen LogP contribution in [0.5, 0.6) is 11.5 Å². The van der Waals surface area contributed by atoms with Crippen LogP contribution in [0, 0.1) is 0 Å². The van der Waals surface area contributed by atoms with Gasteiger partial charge in [0.1, 0.15) is 5.69 Å². The molecule has 0 spiro atoms. The molecule has 2 heterocycles. The minimum atomic E-state index is -0.243. The minimum absolute atomic E-state index is 0.00830. The number of rotatable bonds is 5. The predicted octanol–water partition coefficient (Wildman–Crippen LogP) is 1.53. The number of nitrogens with one attached hydrogen (secondary N) is 1. The number of likely N-dealkylation sites (tertiary alicyclic amines) is 1. The molecule has 0 radical (unpaired) electrons. The first-order chi connectivity index (χ1) is 13.1. The Morgan fingerprint density at radius 2 is 1.85 bits per heavy atom. The quantitative estimate of drug-likeness (QED) is 0.858. The topological polar surface area (TPSA) is 93.7 Å². The molecule has 8 heteroatoms. The second-order valence-corrected chi connectivity index (χ2v) is 6.20. The fourth-order valence-corrected chi connectivity index (χ4v) is 3.05. The van der Waals surface area contributed by atoms with Crippen molar-refractivity contribution in [1.82, 2.24) is 20.2 Å². The van der Waals surface area contributed by atoms with Crippen molar-refractivity contribution in [3.63, 3.8) is 0 Å². The van der Waals surface area contributed by atoms with E-state index in [1.807, 2.05) is 0 Å². The number of benzene rings is 1. The fourth-order valence-electron chi connectivity index (χ4n) is 3.05. The van der Waals surface area contributed by atoms with E-state index in [4.69, 9.17) is 9.47 Å². The molecule has 27 heavy (non-hydrogen) atoms. The second kappa shape index (κ2) is 8.48. The van der Waals surface area contributed by atoms with E-state index in [2.05, 4.69) is 15.3 Å². The van der Waals surface area contributed by atoms with Crippen LogP contribution < -0.4 is 14.8 Å². The minimum Gasteiger partial charge on any atom is -0.493 e. The molecule has 1 N–H and O–H groups in total. The predicted molar refractivity (Wildman–Crippen MR) is 98.0 cm³/mol. The van der Waals surface area contributed by atoms with Gasteiger partial charge in [-0.2, -0.15) is 0 Å². The summed E-state index contributed by atoms with van der Waals surface area (Å²) >= 11 is 0. The summed E-state index contributed by atoms with van der Waals surface area (Å²) in [5.74, 6) is 0.802. The van der Waals surface area contributed by atoms with Crippen molar-refractivity contribution in [1.29, 1.82) is 0 Å². The molecular weight excluding hydrogens is 348 g/mol. The Morgan fingerprint density at radius 3 is 2.48 bits per heavy atom. The van der Waals surface area contributed by atoms with Crippen LogP contribution in [-0.2, 0) is 0 Å². The lowest BCUT2D eigenvalue weighted by molar-refractivity contribution is 0.0697. The van der Waals surface area contributed by atoms with Gasteiger partial charge in [0.2, 0.25) is 0 Å². The number of piperidine rings is 1. The van der Waals surface area contributed by atoms with E-state index in [-0.39, 0.29) is 17.9 Å². The normalized spacial score (nSPS) is 14.5. The molecule has 0 atom stereocenters. The highest BCUT2D eigenvalue weighted by molar-refractivity contribution is 5.95. The third kappa shape index (κ3) is 4.33. The van der Waals surface area contributed by atoms with Crippen LogP contribution in [-0.4, -0.2) is 60.0 Å². The zero-order valence-corrected chi connectivity index (χ0v) is 15.3. The van der Waals surface area contributed by atoms with Crippen LogP contribution in [0.25, 0.3) is 0 Å². The van der Waals surface area contributed by atoms with Gasteiger partial charge in [-0.15, -0.1) is 0 Å². The highest BCUT2D eigenvalue weighted by atomic mass is 16.5. The van der Waals surface area contributed by atoms with Gasteiger partial charge in [-0.3, -0.25) is 14.6 Å². The summed E-state index contributed by atoms with van der Waals surface area (Å²) in [4.78, 5) is 34.6. The van der Waals surface area contributed by atoms with Gasteiger partial charge in [0.05, 0.1) is 20.4 Å². The monoisotopic (exact) mass is 370 g/mol. The molecule has 142 valence electrons. The summed E-state index contributed by atoms with van der Waals surface area (Å²) in [6.45, 7) is 1.14. The van der Waals surface area contributed by atoms with Crippen molar-refractivity contribution in [2.75, 3.05) is 27.3 Å². The molecule has 1 saturated heterocycles. The van der Waals surface area contributed by atoms with Crippen LogP contribution >= 0.6 is 0 Å². The van der Waals surface area contributed by atoms with Crippen molar-refractivity contribution in [3.05, 3.63) is 48.0 Å². The molecule has 1 aromatic carbocycles. The van der Waals surface area contributed by atoms with Gasteiger partial charge in [0.25, 0.3) is 11.8 Å². The fraction of sp³-hybridized carbons (Fsp3) is 0.368. The summed E-state index contributed by atoms with van der Waals surface area (Å²) in [5.41, 5.74) is 0.844. The highest BCUT2D eigenvalue weighted by Crippen LogP contribution is 2.28. The third-order valence-electron chi connectivity index (χ3n) is 4.54. The van der Waals surface area contributed by atoms with Crippen molar-refractivity contribution in [2.45, 2.75) is 18.9 Å². The van der Waals surface area contributed by atoms with Gasteiger partial charge in [0, 0.05) is 37.1 Å². The maximum absolute atomic E-state index is 12.7. The summed E-state index contributed by atoms with van der Waals surface area (Å²) in [6, 6.07) is 5.14. The van der Waals surface area contributed by atoms with Gasteiger partial charge in [0.15, 0.2) is 11.5 Å². The van der Waals surface area contributed by atoms with Crippen LogP contribution in [0.2, 0.25) is 0 Å². The molecule has 1 aliphatic heterocycles. The van der Waals surface area contributed by atoms with Gasteiger partial charge in [-0.05, 0) is 31.0 Å². The maximum Gasteiger partial charge on any atom is 0.271 e. The lowest BCUT2D eigenvalue weighted by Crippen LogP contribution is -2.46. The van der Waals surface area contributed by atoms with Crippen molar-refractivity contribution < 1.29 is 19.1 Å². The van der Waals surface area contributed by atoms with E-state index < -0.39 is 0 Å². The molecule has 2 amide bonds. The summed E-state index contributed by atoms with van der Waals surface area (Å²) in [7, 11) is 3.09. The van der Waals surface area contributed by atoms with E-state index in [9.17, 15) is 9.59 Å². The molecule has 0 bridgehead atoms. The molecule has 1 fully saturated rings. The van der Waals surface area contributed by atoms with Crippen LogP contribution in [0.4, 0.5) is 0 Å². The Hall–Kier alpha value is -3.16. The zero-order valence-electron chi connectivity index (χ0n) is 15.3. The number of hydrogen-bond donors (Lipinski definition) is 1. The summed E-state index contributed by atoms with van der Waals surface area (Å²) in [6.07, 6.45) is 5.81. The molecule has 0 unspecified atom stereocenters. The lowest BCUT2D eigenvalue weighted by atomic mass is 10.0. The van der Waals surface area contributed by atoms with E-state index in [0.29, 0.717) is 48.7 Å². The number of carbonyl (C=O) groups excluding carboxylic acids is 2. The standard InChI is InChI=1S/C19H22N4O4/c1-26-16-4-3-13(11-17(16)27-2)19(25)23-9-5-14(6-10-23)22-18(24)15-12-20-7-8-21-15/h3-4,7-8,11-12,14H,5-6,9-10H2,1-2H3,(H,22,24). The summed E-state index contributed by atoms with van der Waals surface area (Å²) < 4.78 is 10.5.